The zero-order chi connectivity index (χ0) is 16.1. The minimum absolute atomic E-state index is 0.0629. The third-order valence-corrected chi connectivity index (χ3v) is 3.25. The normalized spacial score (nSPS) is 10.1. The minimum Gasteiger partial charge on any atom is -0.497 e. The van der Waals surface area contributed by atoms with Gasteiger partial charge >= 0.3 is 0 Å². The maximum absolute atomic E-state index is 12.2. The molecule has 6 nitrogen and oxygen atoms in total. The number of nitro benzene ring substituents is 1. The van der Waals surface area contributed by atoms with Gasteiger partial charge < -0.3 is 10.1 Å². The number of aryl methyl sites for hydroxylation is 1. The zero-order valence-corrected chi connectivity index (χ0v) is 12.3. The summed E-state index contributed by atoms with van der Waals surface area (Å²) in [6, 6.07) is 11.9. The van der Waals surface area contributed by atoms with Crippen LogP contribution in [0.25, 0.3) is 0 Å². The van der Waals surface area contributed by atoms with E-state index in [-0.39, 0.29) is 17.8 Å². The Bertz CT molecular complexity index is 713. The highest BCUT2D eigenvalue weighted by Gasteiger charge is 2.21. The van der Waals surface area contributed by atoms with Gasteiger partial charge in [-0.15, -0.1) is 0 Å². The van der Waals surface area contributed by atoms with E-state index >= 15 is 0 Å². The second-order valence-corrected chi connectivity index (χ2v) is 4.76. The van der Waals surface area contributed by atoms with Gasteiger partial charge in [-0.05, 0) is 30.7 Å². The highest BCUT2D eigenvalue weighted by Crippen LogP contribution is 2.23. The van der Waals surface area contributed by atoms with Crippen LogP contribution in [0.2, 0.25) is 0 Å². The summed E-state index contributed by atoms with van der Waals surface area (Å²) in [6.45, 7) is 1.87. The molecule has 0 atom stereocenters. The fourth-order valence-corrected chi connectivity index (χ4v) is 2.14. The van der Waals surface area contributed by atoms with Crippen molar-refractivity contribution in [3.63, 3.8) is 0 Å². The first-order valence-electron chi connectivity index (χ1n) is 6.68. The fraction of sp³-hybridized carbons (Fsp3) is 0.188. The van der Waals surface area contributed by atoms with Crippen LogP contribution in [0.4, 0.5) is 5.69 Å². The van der Waals surface area contributed by atoms with Crippen LogP contribution in [0.15, 0.2) is 42.5 Å². The molecule has 0 aliphatic heterocycles. The largest absolute Gasteiger partial charge is 0.497 e. The molecule has 22 heavy (non-hydrogen) atoms. The number of nitrogens with zero attached hydrogens (tertiary/aromatic N) is 1. The molecule has 0 unspecified atom stereocenters. The van der Waals surface area contributed by atoms with Crippen LogP contribution in [0.1, 0.15) is 21.5 Å². The molecule has 0 spiro atoms. The third kappa shape index (κ3) is 3.41. The lowest BCUT2D eigenvalue weighted by Crippen LogP contribution is -2.24. The van der Waals surface area contributed by atoms with Gasteiger partial charge in [-0.25, -0.2) is 0 Å². The molecular formula is C16H16N2O4. The SMILES string of the molecule is COc1cccc(CNC(=O)c2cccc(C)c2[N+](=O)[O-])c1. The Labute approximate surface area is 127 Å². The second kappa shape index (κ2) is 6.71. The smallest absolute Gasteiger partial charge is 0.285 e. The lowest BCUT2D eigenvalue weighted by atomic mass is 10.1. The summed E-state index contributed by atoms with van der Waals surface area (Å²) in [7, 11) is 1.56. The second-order valence-electron chi connectivity index (χ2n) is 4.76. The molecule has 0 aliphatic carbocycles. The molecule has 2 aromatic carbocycles. The third-order valence-electron chi connectivity index (χ3n) is 3.25. The van der Waals surface area contributed by atoms with Gasteiger partial charge in [0.2, 0.25) is 0 Å². The van der Waals surface area contributed by atoms with Crippen LogP contribution < -0.4 is 10.1 Å². The molecule has 0 heterocycles. The highest BCUT2D eigenvalue weighted by atomic mass is 16.6. The van der Waals surface area contributed by atoms with Gasteiger partial charge in [0.15, 0.2) is 0 Å². The number of methoxy groups -OCH3 is 1. The van der Waals surface area contributed by atoms with Crippen molar-refractivity contribution in [3.05, 3.63) is 69.3 Å². The van der Waals surface area contributed by atoms with Gasteiger partial charge in [0.1, 0.15) is 11.3 Å². The number of nitrogens with one attached hydrogen (secondary N) is 1. The van der Waals surface area contributed by atoms with Crippen molar-refractivity contribution in [2.24, 2.45) is 0 Å². The van der Waals surface area contributed by atoms with E-state index in [1.54, 1.807) is 38.3 Å². The quantitative estimate of drug-likeness (QED) is 0.680. The number of ether oxygens (including phenoxy) is 1. The van der Waals surface area contributed by atoms with E-state index in [0.29, 0.717) is 11.3 Å². The standard InChI is InChI=1S/C16H16N2O4/c1-11-5-3-8-14(15(11)18(20)21)16(19)17-10-12-6-4-7-13(9-12)22-2/h3-9H,10H2,1-2H3,(H,17,19). The average molecular weight is 300 g/mol. The Hall–Kier alpha value is -2.89. The number of hydrogen-bond acceptors (Lipinski definition) is 4. The number of nitro groups is 1. The summed E-state index contributed by atoms with van der Waals surface area (Å²) in [4.78, 5) is 22.8. The molecule has 6 heteroatoms. The van der Waals surface area contributed by atoms with Crippen LogP contribution in [-0.4, -0.2) is 17.9 Å². The molecule has 1 amide bonds. The molecule has 0 saturated heterocycles. The number of amides is 1. The first-order chi connectivity index (χ1) is 10.5. The van der Waals surface area contributed by atoms with Gasteiger partial charge in [0, 0.05) is 12.1 Å². The van der Waals surface area contributed by atoms with Crippen molar-refractivity contribution >= 4 is 11.6 Å². The van der Waals surface area contributed by atoms with E-state index in [2.05, 4.69) is 5.32 Å². The molecule has 2 rings (SSSR count). The molecule has 2 aromatic rings. The van der Waals surface area contributed by atoms with Gasteiger partial charge in [-0.1, -0.05) is 24.3 Å². The van der Waals surface area contributed by atoms with Crippen LogP contribution in [-0.2, 0) is 6.54 Å². The minimum atomic E-state index is -0.532. The van der Waals surface area contributed by atoms with Crippen LogP contribution in [0, 0.1) is 17.0 Å². The van der Waals surface area contributed by atoms with Gasteiger partial charge in [-0.3, -0.25) is 14.9 Å². The number of rotatable bonds is 5. The summed E-state index contributed by atoms with van der Waals surface area (Å²) in [5, 5.41) is 13.8. The molecule has 0 radical (unpaired) electrons. The Balaban J connectivity index is 2.16. The van der Waals surface area contributed by atoms with Crippen molar-refractivity contribution in [2.45, 2.75) is 13.5 Å². The molecule has 0 saturated carbocycles. The van der Waals surface area contributed by atoms with E-state index in [0.717, 1.165) is 5.56 Å². The number of carbonyl (C=O) groups is 1. The van der Waals surface area contributed by atoms with E-state index in [9.17, 15) is 14.9 Å². The zero-order valence-electron chi connectivity index (χ0n) is 12.3. The molecule has 0 fully saturated rings. The van der Waals surface area contributed by atoms with Crippen LogP contribution >= 0.6 is 0 Å². The monoisotopic (exact) mass is 300 g/mol. The summed E-state index contributed by atoms with van der Waals surface area (Å²) >= 11 is 0. The van der Waals surface area contributed by atoms with Gasteiger partial charge in [-0.2, -0.15) is 0 Å². The maximum Gasteiger partial charge on any atom is 0.285 e. The Morgan fingerprint density at radius 3 is 2.68 bits per heavy atom. The average Bonchev–Trinajstić information content (AvgIpc) is 2.52. The summed E-state index contributed by atoms with van der Waals surface area (Å²) in [6.07, 6.45) is 0. The van der Waals surface area contributed by atoms with Crippen LogP contribution in [0.3, 0.4) is 0 Å². The Kier molecular flexibility index (Phi) is 4.73. The number of para-hydroxylation sites is 1. The van der Waals surface area contributed by atoms with E-state index < -0.39 is 10.8 Å². The number of hydrogen-bond donors (Lipinski definition) is 1. The predicted molar refractivity (Wildman–Crippen MR) is 82.0 cm³/mol. The first-order valence-corrected chi connectivity index (χ1v) is 6.68. The topological polar surface area (TPSA) is 81.5 Å². The van der Waals surface area contributed by atoms with Crippen molar-refractivity contribution < 1.29 is 14.5 Å². The van der Waals surface area contributed by atoms with Gasteiger partial charge in [0.05, 0.1) is 12.0 Å². The summed E-state index contributed by atoms with van der Waals surface area (Å²) in [5.74, 6) is 0.214. The molecular weight excluding hydrogens is 284 g/mol. The van der Waals surface area contributed by atoms with Crippen molar-refractivity contribution in [2.75, 3.05) is 7.11 Å². The van der Waals surface area contributed by atoms with E-state index in [1.807, 2.05) is 12.1 Å². The Morgan fingerprint density at radius 2 is 2.00 bits per heavy atom. The first kappa shape index (κ1) is 15.5. The molecule has 114 valence electrons. The lowest BCUT2D eigenvalue weighted by molar-refractivity contribution is -0.385. The molecule has 0 bridgehead atoms. The van der Waals surface area contributed by atoms with Crippen molar-refractivity contribution in [3.8, 4) is 5.75 Å². The predicted octanol–water partition coefficient (Wildman–Crippen LogP) is 2.84. The van der Waals surface area contributed by atoms with Crippen molar-refractivity contribution in [1.29, 1.82) is 0 Å². The van der Waals surface area contributed by atoms with Gasteiger partial charge in [0.25, 0.3) is 11.6 Å². The fourth-order valence-electron chi connectivity index (χ4n) is 2.14. The lowest BCUT2D eigenvalue weighted by Gasteiger charge is -2.08. The Morgan fingerprint density at radius 1 is 1.27 bits per heavy atom. The molecule has 1 N–H and O–H groups in total. The van der Waals surface area contributed by atoms with Crippen LogP contribution in [0.5, 0.6) is 5.75 Å². The molecule has 0 aliphatic rings. The van der Waals surface area contributed by atoms with E-state index in [1.165, 1.54) is 6.07 Å². The number of benzene rings is 2. The highest BCUT2D eigenvalue weighted by molar-refractivity contribution is 5.98. The number of carbonyl (C=O) groups excluding carboxylic acids is 1. The summed E-state index contributed by atoms with van der Waals surface area (Å²) < 4.78 is 5.11. The van der Waals surface area contributed by atoms with Crippen molar-refractivity contribution in [1.82, 2.24) is 5.32 Å². The summed E-state index contributed by atoms with van der Waals surface area (Å²) in [5.41, 5.74) is 1.21. The maximum atomic E-state index is 12.2. The molecule has 0 aromatic heterocycles. The van der Waals surface area contributed by atoms with E-state index in [4.69, 9.17) is 4.74 Å².